The number of carbonyl (C=O) groups is 1. The molecule has 0 radical (unpaired) electrons. The lowest BCUT2D eigenvalue weighted by Crippen LogP contribution is -2.40. The first-order valence-electron chi connectivity index (χ1n) is 7.02. The van der Waals surface area contributed by atoms with Gasteiger partial charge < -0.3 is 24.2 Å². The summed E-state index contributed by atoms with van der Waals surface area (Å²) in [6.07, 6.45) is 1.37. The summed E-state index contributed by atoms with van der Waals surface area (Å²) in [5, 5.41) is 2.83. The number of benzene rings is 1. The Bertz CT molecular complexity index is 792. The predicted molar refractivity (Wildman–Crippen MR) is 79.3 cm³/mol. The maximum absolute atomic E-state index is 12.1. The van der Waals surface area contributed by atoms with E-state index in [0.29, 0.717) is 30.2 Å². The third-order valence-electron chi connectivity index (χ3n) is 3.54. The molecule has 0 saturated heterocycles. The summed E-state index contributed by atoms with van der Waals surface area (Å²) in [5.41, 5.74) is 1.93. The van der Waals surface area contributed by atoms with Crippen LogP contribution in [0.3, 0.4) is 0 Å². The maximum Gasteiger partial charge on any atom is 0.267 e. The number of aromatic nitrogens is 1. The number of fused-ring (bicyclic) bond motifs is 2. The molecule has 1 aliphatic rings. The summed E-state index contributed by atoms with van der Waals surface area (Å²) in [6.45, 7) is 0.776. The molecule has 0 saturated carbocycles. The van der Waals surface area contributed by atoms with Crippen molar-refractivity contribution in [3.8, 4) is 11.5 Å². The predicted octanol–water partition coefficient (Wildman–Crippen LogP) is 2.33. The Morgan fingerprint density at radius 1 is 1.27 bits per heavy atom. The third-order valence-corrected chi connectivity index (χ3v) is 3.54. The van der Waals surface area contributed by atoms with Gasteiger partial charge in [0.1, 0.15) is 18.4 Å². The zero-order valence-corrected chi connectivity index (χ0v) is 11.7. The molecule has 2 N–H and O–H groups in total. The molecule has 1 amide bonds. The van der Waals surface area contributed by atoms with Gasteiger partial charge in [-0.2, -0.15) is 0 Å². The Morgan fingerprint density at radius 3 is 3.00 bits per heavy atom. The summed E-state index contributed by atoms with van der Waals surface area (Å²) in [5.74, 6) is 1.23. The summed E-state index contributed by atoms with van der Waals surface area (Å²) >= 11 is 0. The van der Waals surface area contributed by atoms with E-state index in [2.05, 4.69) is 10.3 Å². The topological polar surface area (TPSA) is 76.5 Å². The van der Waals surface area contributed by atoms with Crippen LogP contribution in [0.1, 0.15) is 10.5 Å². The van der Waals surface area contributed by atoms with Gasteiger partial charge in [0.25, 0.3) is 5.91 Å². The van der Waals surface area contributed by atoms with Gasteiger partial charge in [0, 0.05) is 12.1 Å². The minimum absolute atomic E-state index is 0.200. The molecule has 1 unspecified atom stereocenters. The van der Waals surface area contributed by atoms with Gasteiger partial charge in [-0.25, -0.2) is 0 Å². The number of H-pyrrole nitrogens is 1. The molecule has 0 fully saturated rings. The third kappa shape index (κ3) is 2.28. The van der Waals surface area contributed by atoms with Crippen molar-refractivity contribution in [3.63, 3.8) is 0 Å². The summed E-state index contributed by atoms with van der Waals surface area (Å²) < 4.78 is 16.6. The molecule has 6 nitrogen and oxygen atoms in total. The van der Waals surface area contributed by atoms with E-state index in [1.165, 1.54) is 0 Å². The van der Waals surface area contributed by atoms with Crippen LogP contribution in [0.5, 0.6) is 11.5 Å². The zero-order valence-electron chi connectivity index (χ0n) is 11.7. The fourth-order valence-electron chi connectivity index (χ4n) is 2.44. The smallest absolute Gasteiger partial charge is 0.267 e. The molecule has 1 atom stereocenters. The second-order valence-corrected chi connectivity index (χ2v) is 5.09. The SMILES string of the molecule is O=C(NCC1COc2ccccc2O1)c1cc2occc2[nH]1. The highest BCUT2D eigenvalue weighted by atomic mass is 16.6. The highest BCUT2D eigenvalue weighted by Crippen LogP contribution is 2.30. The highest BCUT2D eigenvalue weighted by Gasteiger charge is 2.21. The Morgan fingerprint density at radius 2 is 2.14 bits per heavy atom. The summed E-state index contributed by atoms with van der Waals surface area (Å²) in [4.78, 5) is 15.1. The molecule has 0 bridgehead atoms. The van der Waals surface area contributed by atoms with E-state index in [1.54, 1.807) is 18.4 Å². The molecule has 2 aromatic heterocycles. The van der Waals surface area contributed by atoms with Gasteiger partial charge in [0.2, 0.25) is 0 Å². The molecule has 1 aliphatic heterocycles. The summed E-state index contributed by atoms with van der Waals surface area (Å²) in [6, 6.07) is 10.9. The lowest BCUT2D eigenvalue weighted by molar-refractivity contribution is 0.0787. The van der Waals surface area contributed by atoms with Gasteiger partial charge in [-0.1, -0.05) is 12.1 Å². The molecule has 0 spiro atoms. The first kappa shape index (κ1) is 12.8. The van der Waals surface area contributed by atoms with E-state index >= 15 is 0 Å². The van der Waals surface area contributed by atoms with E-state index < -0.39 is 0 Å². The highest BCUT2D eigenvalue weighted by molar-refractivity contribution is 5.96. The van der Waals surface area contributed by atoms with Crippen molar-refractivity contribution in [2.75, 3.05) is 13.2 Å². The van der Waals surface area contributed by atoms with Crippen LogP contribution >= 0.6 is 0 Å². The number of aromatic amines is 1. The van der Waals surface area contributed by atoms with Gasteiger partial charge in [0.05, 0.1) is 18.3 Å². The number of hydrogen-bond donors (Lipinski definition) is 2. The first-order chi connectivity index (χ1) is 10.8. The normalized spacial score (nSPS) is 16.6. The number of amides is 1. The fourth-order valence-corrected chi connectivity index (χ4v) is 2.44. The minimum atomic E-state index is -0.211. The maximum atomic E-state index is 12.1. The monoisotopic (exact) mass is 298 g/mol. The minimum Gasteiger partial charge on any atom is -0.486 e. The Hall–Kier alpha value is -2.89. The van der Waals surface area contributed by atoms with Gasteiger partial charge in [-0.05, 0) is 12.1 Å². The van der Waals surface area contributed by atoms with Crippen LogP contribution in [0.25, 0.3) is 11.1 Å². The Balaban J connectivity index is 1.39. The largest absolute Gasteiger partial charge is 0.486 e. The van der Waals surface area contributed by atoms with E-state index in [-0.39, 0.29) is 12.0 Å². The Kier molecular flexibility index (Phi) is 3.00. The lowest BCUT2D eigenvalue weighted by Gasteiger charge is -2.26. The van der Waals surface area contributed by atoms with Crippen molar-refractivity contribution in [2.45, 2.75) is 6.10 Å². The second-order valence-electron chi connectivity index (χ2n) is 5.09. The van der Waals surface area contributed by atoms with Crippen molar-refractivity contribution in [1.82, 2.24) is 10.3 Å². The molecule has 3 aromatic rings. The number of ether oxygens (including phenoxy) is 2. The molecule has 22 heavy (non-hydrogen) atoms. The van der Waals surface area contributed by atoms with E-state index in [1.807, 2.05) is 24.3 Å². The molecule has 4 rings (SSSR count). The molecule has 0 aliphatic carbocycles. The van der Waals surface area contributed by atoms with Crippen LogP contribution < -0.4 is 14.8 Å². The van der Waals surface area contributed by atoms with Crippen molar-refractivity contribution in [3.05, 3.63) is 48.4 Å². The van der Waals surface area contributed by atoms with Crippen LogP contribution in [-0.4, -0.2) is 30.1 Å². The molecule has 112 valence electrons. The van der Waals surface area contributed by atoms with E-state index in [4.69, 9.17) is 13.9 Å². The van der Waals surface area contributed by atoms with Crippen molar-refractivity contribution in [2.24, 2.45) is 0 Å². The van der Waals surface area contributed by atoms with E-state index in [9.17, 15) is 4.79 Å². The number of carbonyl (C=O) groups excluding carboxylic acids is 1. The number of hydrogen-bond acceptors (Lipinski definition) is 4. The number of rotatable bonds is 3. The van der Waals surface area contributed by atoms with Gasteiger partial charge in [-0.3, -0.25) is 4.79 Å². The molecule has 3 heterocycles. The van der Waals surface area contributed by atoms with Crippen LogP contribution in [0, 0.1) is 0 Å². The number of nitrogens with one attached hydrogen (secondary N) is 2. The van der Waals surface area contributed by atoms with Crippen molar-refractivity contribution < 1.29 is 18.7 Å². The van der Waals surface area contributed by atoms with Crippen LogP contribution in [-0.2, 0) is 0 Å². The Labute approximate surface area is 126 Å². The zero-order chi connectivity index (χ0) is 14.9. The van der Waals surface area contributed by atoms with E-state index in [0.717, 1.165) is 11.3 Å². The van der Waals surface area contributed by atoms with Crippen LogP contribution in [0.15, 0.2) is 47.1 Å². The standard InChI is InChI=1S/C16H14N2O4/c19-16(12-7-15-11(18-12)5-6-20-15)17-8-10-9-21-13-3-1-2-4-14(13)22-10/h1-7,10,18H,8-9H2,(H,17,19). The second kappa shape index (κ2) is 5.14. The average molecular weight is 298 g/mol. The molecular weight excluding hydrogens is 284 g/mol. The molecule has 6 heteroatoms. The number of para-hydroxylation sites is 2. The molecule has 1 aromatic carbocycles. The van der Waals surface area contributed by atoms with Crippen molar-refractivity contribution >= 4 is 17.0 Å². The van der Waals surface area contributed by atoms with Gasteiger partial charge in [0.15, 0.2) is 17.1 Å². The quantitative estimate of drug-likeness (QED) is 0.778. The first-order valence-corrected chi connectivity index (χ1v) is 7.02. The van der Waals surface area contributed by atoms with Crippen LogP contribution in [0.4, 0.5) is 0 Å². The van der Waals surface area contributed by atoms with Gasteiger partial charge >= 0.3 is 0 Å². The average Bonchev–Trinajstić information content (AvgIpc) is 3.14. The van der Waals surface area contributed by atoms with Crippen LogP contribution in [0.2, 0.25) is 0 Å². The lowest BCUT2D eigenvalue weighted by atomic mass is 10.2. The number of furan rings is 1. The van der Waals surface area contributed by atoms with Gasteiger partial charge in [-0.15, -0.1) is 0 Å². The molecular formula is C16H14N2O4. The summed E-state index contributed by atoms with van der Waals surface area (Å²) in [7, 11) is 0. The van der Waals surface area contributed by atoms with Crippen molar-refractivity contribution in [1.29, 1.82) is 0 Å². The fraction of sp³-hybridized carbons (Fsp3) is 0.188.